The summed E-state index contributed by atoms with van der Waals surface area (Å²) < 4.78 is 5.26. The predicted octanol–water partition coefficient (Wildman–Crippen LogP) is 2.48. The average molecular weight is 219 g/mol. The van der Waals surface area contributed by atoms with E-state index in [0.29, 0.717) is 0 Å². The van der Waals surface area contributed by atoms with Crippen molar-refractivity contribution in [1.82, 2.24) is 5.32 Å². The Morgan fingerprint density at radius 3 is 3.06 bits per heavy atom. The molecule has 1 fully saturated rings. The Morgan fingerprint density at radius 2 is 2.31 bits per heavy atom. The van der Waals surface area contributed by atoms with Crippen molar-refractivity contribution in [3.8, 4) is 5.75 Å². The highest BCUT2D eigenvalue weighted by atomic mass is 16.5. The van der Waals surface area contributed by atoms with Gasteiger partial charge in [-0.2, -0.15) is 0 Å². The fraction of sp³-hybridized carbons (Fsp3) is 0.571. The van der Waals surface area contributed by atoms with Crippen molar-refractivity contribution in [2.75, 3.05) is 20.2 Å². The summed E-state index contributed by atoms with van der Waals surface area (Å²) in [5.41, 5.74) is 1.40. The van der Waals surface area contributed by atoms with E-state index in [0.717, 1.165) is 24.1 Å². The normalized spacial score (nSPS) is 25.4. The topological polar surface area (TPSA) is 21.3 Å². The molecule has 1 heterocycles. The van der Waals surface area contributed by atoms with Crippen LogP contribution in [0.3, 0.4) is 0 Å². The van der Waals surface area contributed by atoms with Crippen LogP contribution in [0.4, 0.5) is 0 Å². The van der Waals surface area contributed by atoms with Crippen LogP contribution in [0.15, 0.2) is 24.3 Å². The van der Waals surface area contributed by atoms with Gasteiger partial charge in [0.15, 0.2) is 0 Å². The second-order valence-corrected chi connectivity index (χ2v) is 4.79. The molecule has 2 nitrogen and oxygen atoms in total. The molecule has 0 bridgehead atoms. The summed E-state index contributed by atoms with van der Waals surface area (Å²) in [6.45, 7) is 4.67. The van der Waals surface area contributed by atoms with Gasteiger partial charge in [-0.25, -0.2) is 0 Å². The van der Waals surface area contributed by atoms with Crippen molar-refractivity contribution in [2.45, 2.75) is 19.8 Å². The molecule has 2 rings (SSSR count). The summed E-state index contributed by atoms with van der Waals surface area (Å²) in [5, 5.41) is 3.45. The van der Waals surface area contributed by atoms with Crippen molar-refractivity contribution in [2.24, 2.45) is 11.8 Å². The second-order valence-electron chi connectivity index (χ2n) is 4.79. The maximum Gasteiger partial charge on any atom is 0.119 e. The Morgan fingerprint density at radius 1 is 1.44 bits per heavy atom. The van der Waals surface area contributed by atoms with Gasteiger partial charge in [0.05, 0.1) is 7.11 Å². The zero-order valence-corrected chi connectivity index (χ0v) is 10.2. The zero-order chi connectivity index (χ0) is 11.4. The number of piperidine rings is 1. The lowest BCUT2D eigenvalue weighted by molar-refractivity contribution is 0.272. The van der Waals surface area contributed by atoms with E-state index in [4.69, 9.17) is 4.74 Å². The van der Waals surface area contributed by atoms with E-state index in [1.54, 1.807) is 7.11 Å². The molecular weight excluding hydrogens is 198 g/mol. The molecule has 88 valence electrons. The average Bonchev–Trinajstić information content (AvgIpc) is 2.32. The quantitative estimate of drug-likeness (QED) is 0.843. The molecule has 0 spiro atoms. The molecule has 1 aromatic rings. The number of ether oxygens (including phenoxy) is 1. The SMILES string of the molecule is COc1cccc(CC2CCNCC2C)c1. The molecule has 2 heteroatoms. The first kappa shape index (κ1) is 11.5. The molecule has 0 aromatic heterocycles. The Bertz CT molecular complexity index is 337. The molecule has 0 saturated carbocycles. The third kappa shape index (κ3) is 2.76. The second kappa shape index (κ2) is 5.35. The smallest absolute Gasteiger partial charge is 0.119 e. The number of hydrogen-bond acceptors (Lipinski definition) is 2. The summed E-state index contributed by atoms with van der Waals surface area (Å²) in [4.78, 5) is 0. The molecule has 0 amide bonds. The summed E-state index contributed by atoms with van der Waals surface area (Å²) in [6, 6.07) is 8.46. The molecule has 2 atom stereocenters. The minimum absolute atomic E-state index is 0.778. The third-order valence-corrected chi connectivity index (χ3v) is 3.59. The Hall–Kier alpha value is -1.02. The van der Waals surface area contributed by atoms with E-state index >= 15 is 0 Å². The van der Waals surface area contributed by atoms with Gasteiger partial charge < -0.3 is 10.1 Å². The highest BCUT2D eigenvalue weighted by molar-refractivity contribution is 5.28. The Kier molecular flexibility index (Phi) is 3.83. The summed E-state index contributed by atoms with van der Waals surface area (Å²) in [5.74, 6) is 2.56. The van der Waals surface area contributed by atoms with Gasteiger partial charge in [-0.3, -0.25) is 0 Å². The van der Waals surface area contributed by atoms with Crippen molar-refractivity contribution < 1.29 is 4.74 Å². The van der Waals surface area contributed by atoms with Crippen LogP contribution in [0.25, 0.3) is 0 Å². The largest absolute Gasteiger partial charge is 0.497 e. The molecular formula is C14H21NO. The minimum Gasteiger partial charge on any atom is -0.497 e. The predicted molar refractivity (Wildman–Crippen MR) is 66.8 cm³/mol. The Balaban J connectivity index is 2.01. The van der Waals surface area contributed by atoms with E-state index in [2.05, 4.69) is 30.4 Å². The molecule has 1 aromatic carbocycles. The monoisotopic (exact) mass is 219 g/mol. The number of methoxy groups -OCH3 is 1. The van der Waals surface area contributed by atoms with E-state index in [1.165, 1.54) is 24.9 Å². The van der Waals surface area contributed by atoms with Crippen molar-refractivity contribution >= 4 is 0 Å². The number of hydrogen-bond donors (Lipinski definition) is 1. The Labute approximate surface area is 98.0 Å². The molecule has 1 aliphatic rings. The number of rotatable bonds is 3. The van der Waals surface area contributed by atoms with E-state index < -0.39 is 0 Å². The third-order valence-electron chi connectivity index (χ3n) is 3.59. The fourth-order valence-corrected chi connectivity index (χ4v) is 2.47. The van der Waals surface area contributed by atoms with Crippen LogP contribution < -0.4 is 10.1 Å². The lowest BCUT2D eigenvalue weighted by Gasteiger charge is -2.29. The fourth-order valence-electron chi connectivity index (χ4n) is 2.47. The van der Waals surface area contributed by atoms with Crippen LogP contribution in [0.1, 0.15) is 18.9 Å². The van der Waals surface area contributed by atoms with Crippen LogP contribution in [-0.4, -0.2) is 20.2 Å². The van der Waals surface area contributed by atoms with Crippen LogP contribution in [0.5, 0.6) is 5.75 Å². The maximum atomic E-state index is 5.26. The summed E-state index contributed by atoms with van der Waals surface area (Å²) >= 11 is 0. The zero-order valence-electron chi connectivity index (χ0n) is 10.2. The van der Waals surface area contributed by atoms with Gasteiger partial charge >= 0.3 is 0 Å². The molecule has 1 saturated heterocycles. The van der Waals surface area contributed by atoms with E-state index in [9.17, 15) is 0 Å². The first-order valence-electron chi connectivity index (χ1n) is 6.13. The molecule has 16 heavy (non-hydrogen) atoms. The summed E-state index contributed by atoms with van der Waals surface area (Å²) in [6.07, 6.45) is 2.47. The lowest BCUT2D eigenvalue weighted by Crippen LogP contribution is -2.35. The molecule has 1 aliphatic heterocycles. The van der Waals surface area contributed by atoms with Crippen LogP contribution in [0, 0.1) is 11.8 Å². The first-order chi connectivity index (χ1) is 7.79. The van der Waals surface area contributed by atoms with Gasteiger partial charge in [-0.15, -0.1) is 0 Å². The highest BCUT2D eigenvalue weighted by Gasteiger charge is 2.21. The van der Waals surface area contributed by atoms with Gasteiger partial charge in [0, 0.05) is 0 Å². The summed E-state index contributed by atoms with van der Waals surface area (Å²) in [7, 11) is 1.73. The van der Waals surface area contributed by atoms with Crippen LogP contribution in [0.2, 0.25) is 0 Å². The number of benzene rings is 1. The maximum absolute atomic E-state index is 5.26. The van der Waals surface area contributed by atoms with E-state index in [1.807, 2.05) is 6.07 Å². The van der Waals surface area contributed by atoms with Gasteiger partial charge in [-0.05, 0) is 55.5 Å². The molecule has 0 radical (unpaired) electrons. The lowest BCUT2D eigenvalue weighted by atomic mass is 9.83. The molecule has 1 N–H and O–H groups in total. The first-order valence-corrected chi connectivity index (χ1v) is 6.13. The van der Waals surface area contributed by atoms with Gasteiger partial charge in [-0.1, -0.05) is 19.1 Å². The number of nitrogens with one attached hydrogen (secondary N) is 1. The minimum atomic E-state index is 0.778. The highest BCUT2D eigenvalue weighted by Crippen LogP contribution is 2.24. The van der Waals surface area contributed by atoms with Crippen molar-refractivity contribution in [3.05, 3.63) is 29.8 Å². The standard InChI is InChI=1S/C14H21NO/c1-11-10-15-7-6-13(11)8-12-4-3-5-14(9-12)16-2/h3-5,9,11,13,15H,6-8,10H2,1-2H3. The molecule has 2 unspecified atom stereocenters. The van der Waals surface area contributed by atoms with Crippen molar-refractivity contribution in [1.29, 1.82) is 0 Å². The molecule has 0 aliphatic carbocycles. The van der Waals surface area contributed by atoms with Gasteiger partial charge in [0.1, 0.15) is 5.75 Å². The van der Waals surface area contributed by atoms with Gasteiger partial charge in [0.2, 0.25) is 0 Å². The van der Waals surface area contributed by atoms with Gasteiger partial charge in [0.25, 0.3) is 0 Å². The van der Waals surface area contributed by atoms with E-state index in [-0.39, 0.29) is 0 Å². The van der Waals surface area contributed by atoms with Crippen LogP contribution in [-0.2, 0) is 6.42 Å². The van der Waals surface area contributed by atoms with Crippen LogP contribution >= 0.6 is 0 Å². The van der Waals surface area contributed by atoms with Crippen molar-refractivity contribution in [3.63, 3.8) is 0 Å².